The average molecular weight is 256 g/mol. The number of rotatable bonds is 4. The van der Waals surface area contributed by atoms with Crippen LogP contribution < -0.4 is 5.32 Å². The van der Waals surface area contributed by atoms with Crippen LogP contribution in [0, 0.1) is 0 Å². The van der Waals surface area contributed by atoms with Gasteiger partial charge in [-0.1, -0.05) is 20.3 Å². The quantitative estimate of drug-likeness (QED) is 0.832. The highest BCUT2D eigenvalue weighted by Crippen LogP contribution is 2.26. The highest BCUT2D eigenvalue weighted by Gasteiger charge is 2.32. The van der Waals surface area contributed by atoms with Gasteiger partial charge < -0.3 is 5.32 Å². The first-order chi connectivity index (χ1) is 8.35. The van der Waals surface area contributed by atoms with Gasteiger partial charge in [-0.3, -0.25) is 4.90 Å². The van der Waals surface area contributed by atoms with Crippen LogP contribution in [-0.4, -0.2) is 47.6 Å². The maximum Gasteiger partial charge on any atom is 0.0221 e. The molecule has 0 aromatic carbocycles. The van der Waals surface area contributed by atoms with Gasteiger partial charge in [0.2, 0.25) is 0 Å². The monoisotopic (exact) mass is 256 g/mol. The van der Waals surface area contributed by atoms with Gasteiger partial charge in [0.1, 0.15) is 0 Å². The van der Waals surface area contributed by atoms with Crippen LogP contribution in [0.1, 0.15) is 46.0 Å². The highest BCUT2D eigenvalue weighted by atomic mass is 32.2. The maximum atomic E-state index is 3.74. The molecule has 0 saturated carbocycles. The topological polar surface area (TPSA) is 15.3 Å². The molecule has 2 rings (SSSR count). The Morgan fingerprint density at radius 2 is 2.00 bits per heavy atom. The first-order valence-electron chi connectivity index (χ1n) is 7.42. The zero-order valence-corrected chi connectivity index (χ0v) is 12.3. The zero-order valence-electron chi connectivity index (χ0n) is 11.5. The van der Waals surface area contributed by atoms with Gasteiger partial charge in [-0.25, -0.2) is 0 Å². The van der Waals surface area contributed by atoms with Crippen molar-refractivity contribution >= 4 is 11.8 Å². The number of nitrogens with zero attached hydrogens (tertiary/aromatic N) is 1. The van der Waals surface area contributed by atoms with Crippen molar-refractivity contribution in [1.29, 1.82) is 0 Å². The van der Waals surface area contributed by atoms with Crippen LogP contribution >= 0.6 is 11.8 Å². The predicted octanol–water partition coefficient (Wildman–Crippen LogP) is 2.73. The third-order valence-electron chi connectivity index (χ3n) is 4.31. The summed E-state index contributed by atoms with van der Waals surface area (Å²) in [6.07, 6.45) is 6.78. The second-order valence-electron chi connectivity index (χ2n) is 5.50. The Kier molecular flexibility index (Phi) is 5.64. The Hall–Kier alpha value is 0.270. The first-order valence-corrected chi connectivity index (χ1v) is 8.57. The van der Waals surface area contributed by atoms with Crippen molar-refractivity contribution in [3.05, 3.63) is 0 Å². The summed E-state index contributed by atoms with van der Waals surface area (Å²) < 4.78 is 0. The highest BCUT2D eigenvalue weighted by molar-refractivity contribution is 7.99. The largest absolute Gasteiger partial charge is 0.311 e. The lowest BCUT2D eigenvalue weighted by molar-refractivity contribution is 0.0717. The van der Waals surface area contributed by atoms with Gasteiger partial charge in [0.25, 0.3) is 0 Å². The summed E-state index contributed by atoms with van der Waals surface area (Å²) in [5, 5.41) is 3.74. The summed E-state index contributed by atoms with van der Waals surface area (Å²) in [5.41, 5.74) is 0. The molecule has 2 aliphatic heterocycles. The molecule has 2 heterocycles. The normalized spacial score (nSPS) is 32.8. The van der Waals surface area contributed by atoms with Crippen LogP contribution in [0.15, 0.2) is 0 Å². The molecule has 0 aromatic rings. The van der Waals surface area contributed by atoms with E-state index >= 15 is 0 Å². The predicted molar refractivity (Wildman–Crippen MR) is 77.8 cm³/mol. The summed E-state index contributed by atoms with van der Waals surface area (Å²) in [4.78, 5) is 2.84. The number of nitrogens with one attached hydrogen (secondary N) is 1. The molecule has 3 heteroatoms. The molecule has 0 amide bonds. The minimum atomic E-state index is 0.748. The molecule has 0 radical (unpaired) electrons. The summed E-state index contributed by atoms with van der Waals surface area (Å²) in [7, 11) is 0. The van der Waals surface area contributed by atoms with E-state index in [1.807, 2.05) is 0 Å². The van der Waals surface area contributed by atoms with Gasteiger partial charge >= 0.3 is 0 Å². The Morgan fingerprint density at radius 3 is 2.65 bits per heavy atom. The lowest BCUT2D eigenvalue weighted by atomic mass is 9.98. The first kappa shape index (κ1) is 13.7. The van der Waals surface area contributed by atoms with E-state index in [9.17, 15) is 0 Å². The van der Waals surface area contributed by atoms with Crippen molar-refractivity contribution in [2.45, 2.75) is 64.1 Å². The van der Waals surface area contributed by atoms with Gasteiger partial charge in [0.15, 0.2) is 0 Å². The SMILES string of the molecule is CCCC1CN(C2CCSCC2)C(CC)CN1. The van der Waals surface area contributed by atoms with Gasteiger partial charge in [0.05, 0.1) is 0 Å². The van der Waals surface area contributed by atoms with E-state index in [2.05, 4.69) is 35.8 Å². The number of hydrogen-bond acceptors (Lipinski definition) is 3. The number of thioether (sulfide) groups is 1. The maximum absolute atomic E-state index is 3.74. The van der Waals surface area contributed by atoms with Gasteiger partial charge in [-0.05, 0) is 37.2 Å². The van der Waals surface area contributed by atoms with Gasteiger partial charge in [-0.2, -0.15) is 11.8 Å². The third kappa shape index (κ3) is 3.62. The Morgan fingerprint density at radius 1 is 1.24 bits per heavy atom. The molecule has 0 aliphatic carbocycles. The summed E-state index contributed by atoms with van der Waals surface area (Å²) in [6.45, 7) is 7.15. The van der Waals surface area contributed by atoms with E-state index in [-0.39, 0.29) is 0 Å². The molecule has 2 saturated heterocycles. The van der Waals surface area contributed by atoms with Crippen LogP contribution in [0.4, 0.5) is 0 Å². The summed E-state index contributed by atoms with van der Waals surface area (Å²) in [6, 6.07) is 2.41. The van der Waals surface area contributed by atoms with Crippen molar-refractivity contribution in [2.75, 3.05) is 24.6 Å². The van der Waals surface area contributed by atoms with Crippen LogP contribution in [-0.2, 0) is 0 Å². The standard InChI is InChI=1S/C14H28N2S/c1-3-5-12-11-16(13(4-2)10-15-12)14-6-8-17-9-7-14/h12-15H,3-11H2,1-2H3. The average Bonchev–Trinajstić information content (AvgIpc) is 2.40. The molecular weight excluding hydrogens is 228 g/mol. The van der Waals surface area contributed by atoms with Crippen molar-refractivity contribution in [3.63, 3.8) is 0 Å². The minimum Gasteiger partial charge on any atom is -0.311 e. The lowest BCUT2D eigenvalue weighted by Gasteiger charge is -2.45. The Bertz CT molecular complexity index is 216. The molecule has 0 bridgehead atoms. The van der Waals surface area contributed by atoms with Crippen LogP contribution in [0.2, 0.25) is 0 Å². The van der Waals surface area contributed by atoms with E-state index in [0.29, 0.717) is 0 Å². The van der Waals surface area contributed by atoms with Crippen LogP contribution in [0.3, 0.4) is 0 Å². The zero-order chi connectivity index (χ0) is 12.1. The number of piperazine rings is 1. The molecule has 17 heavy (non-hydrogen) atoms. The molecule has 2 aliphatic rings. The lowest BCUT2D eigenvalue weighted by Crippen LogP contribution is -2.59. The smallest absolute Gasteiger partial charge is 0.0221 e. The van der Waals surface area contributed by atoms with Crippen LogP contribution in [0.25, 0.3) is 0 Å². The summed E-state index contributed by atoms with van der Waals surface area (Å²) in [5.74, 6) is 2.76. The van der Waals surface area contributed by atoms with E-state index in [1.165, 1.54) is 56.7 Å². The second kappa shape index (κ2) is 7.01. The van der Waals surface area contributed by atoms with Gasteiger partial charge in [-0.15, -0.1) is 0 Å². The molecule has 0 spiro atoms. The Labute approximate surface area is 111 Å². The van der Waals surface area contributed by atoms with Crippen molar-refractivity contribution in [3.8, 4) is 0 Å². The van der Waals surface area contributed by atoms with E-state index in [1.54, 1.807) is 0 Å². The van der Waals surface area contributed by atoms with E-state index in [0.717, 1.165) is 18.1 Å². The fourth-order valence-electron chi connectivity index (χ4n) is 3.27. The van der Waals surface area contributed by atoms with E-state index in [4.69, 9.17) is 0 Å². The third-order valence-corrected chi connectivity index (χ3v) is 5.36. The molecule has 1 N–H and O–H groups in total. The van der Waals surface area contributed by atoms with Crippen molar-refractivity contribution in [1.82, 2.24) is 10.2 Å². The van der Waals surface area contributed by atoms with E-state index < -0.39 is 0 Å². The molecule has 2 atom stereocenters. The Balaban J connectivity index is 1.93. The fourth-order valence-corrected chi connectivity index (χ4v) is 4.35. The molecule has 100 valence electrons. The minimum absolute atomic E-state index is 0.748. The fraction of sp³-hybridized carbons (Fsp3) is 1.00. The second-order valence-corrected chi connectivity index (χ2v) is 6.72. The molecule has 2 fully saturated rings. The molecule has 2 unspecified atom stereocenters. The van der Waals surface area contributed by atoms with Crippen molar-refractivity contribution in [2.24, 2.45) is 0 Å². The molecular formula is C14H28N2S. The number of hydrogen-bond donors (Lipinski definition) is 1. The molecule has 2 nitrogen and oxygen atoms in total. The van der Waals surface area contributed by atoms with Crippen molar-refractivity contribution < 1.29 is 0 Å². The van der Waals surface area contributed by atoms with Gasteiger partial charge in [0, 0.05) is 31.2 Å². The van der Waals surface area contributed by atoms with Crippen LogP contribution in [0.5, 0.6) is 0 Å². The molecule has 0 aromatic heterocycles. The summed E-state index contributed by atoms with van der Waals surface area (Å²) >= 11 is 2.14.